The number of aromatic nitrogens is 2. The molecule has 0 radical (unpaired) electrons. The van der Waals surface area contributed by atoms with Crippen molar-refractivity contribution in [2.24, 2.45) is 0 Å². The van der Waals surface area contributed by atoms with Crippen LogP contribution in [0.4, 0.5) is 0 Å². The van der Waals surface area contributed by atoms with E-state index < -0.39 is 0 Å². The number of rotatable bonds is 6. The van der Waals surface area contributed by atoms with Gasteiger partial charge in [0.1, 0.15) is 5.82 Å². The lowest BCUT2D eigenvalue weighted by molar-refractivity contribution is -0.120. The Morgan fingerprint density at radius 1 is 1.35 bits per heavy atom. The molecule has 0 unspecified atom stereocenters. The first-order valence-corrected chi connectivity index (χ1v) is 7.36. The van der Waals surface area contributed by atoms with Crippen LogP contribution in [0.2, 0.25) is 0 Å². The van der Waals surface area contributed by atoms with Crippen molar-refractivity contribution in [3.8, 4) is 0 Å². The number of amides is 1. The molecule has 0 atom stereocenters. The second-order valence-corrected chi connectivity index (χ2v) is 5.29. The SMILES string of the molecule is CCC(=O)NCCCc1nc2ccccc2n1C(C)C. The first-order chi connectivity index (χ1) is 9.63. The van der Waals surface area contributed by atoms with Gasteiger partial charge < -0.3 is 9.88 Å². The molecule has 0 saturated carbocycles. The van der Waals surface area contributed by atoms with E-state index in [9.17, 15) is 4.79 Å². The monoisotopic (exact) mass is 273 g/mol. The summed E-state index contributed by atoms with van der Waals surface area (Å²) < 4.78 is 2.29. The number of carbonyl (C=O) groups is 1. The molecule has 1 N–H and O–H groups in total. The van der Waals surface area contributed by atoms with Gasteiger partial charge in [-0.3, -0.25) is 4.79 Å². The van der Waals surface area contributed by atoms with Crippen LogP contribution in [0.5, 0.6) is 0 Å². The van der Waals surface area contributed by atoms with Gasteiger partial charge in [0.05, 0.1) is 11.0 Å². The highest BCUT2D eigenvalue weighted by Gasteiger charge is 2.12. The maximum atomic E-state index is 11.2. The lowest BCUT2D eigenvalue weighted by Crippen LogP contribution is -2.23. The predicted molar refractivity (Wildman–Crippen MR) is 81.7 cm³/mol. The molecule has 0 aliphatic carbocycles. The fourth-order valence-electron chi connectivity index (χ4n) is 2.45. The fraction of sp³-hybridized carbons (Fsp3) is 0.500. The number of nitrogens with zero attached hydrogens (tertiary/aromatic N) is 2. The molecule has 1 aromatic carbocycles. The molecule has 4 nitrogen and oxygen atoms in total. The first-order valence-electron chi connectivity index (χ1n) is 7.36. The summed E-state index contributed by atoms with van der Waals surface area (Å²) in [6.07, 6.45) is 2.35. The second kappa shape index (κ2) is 6.55. The van der Waals surface area contributed by atoms with Crippen LogP contribution in [0.25, 0.3) is 11.0 Å². The van der Waals surface area contributed by atoms with Crippen LogP contribution in [0.1, 0.15) is 45.5 Å². The van der Waals surface area contributed by atoms with Crippen molar-refractivity contribution in [1.82, 2.24) is 14.9 Å². The molecular formula is C16H23N3O. The van der Waals surface area contributed by atoms with E-state index in [-0.39, 0.29) is 5.91 Å². The number of aryl methyl sites for hydroxylation is 1. The summed E-state index contributed by atoms with van der Waals surface area (Å²) in [7, 11) is 0. The number of nitrogens with one attached hydrogen (secondary N) is 1. The highest BCUT2D eigenvalue weighted by molar-refractivity contribution is 5.76. The molecule has 0 spiro atoms. The van der Waals surface area contributed by atoms with Crippen LogP contribution < -0.4 is 5.32 Å². The molecule has 0 fully saturated rings. The van der Waals surface area contributed by atoms with Crippen LogP contribution >= 0.6 is 0 Å². The number of carbonyl (C=O) groups excluding carboxylic acids is 1. The van der Waals surface area contributed by atoms with Crippen LogP contribution in [0.3, 0.4) is 0 Å². The zero-order valence-corrected chi connectivity index (χ0v) is 12.5. The van der Waals surface area contributed by atoms with Gasteiger partial charge in [-0.25, -0.2) is 4.98 Å². The first kappa shape index (κ1) is 14.6. The average Bonchev–Trinajstić information content (AvgIpc) is 2.81. The maximum absolute atomic E-state index is 11.2. The summed E-state index contributed by atoms with van der Waals surface area (Å²) >= 11 is 0. The highest BCUT2D eigenvalue weighted by Crippen LogP contribution is 2.21. The third-order valence-electron chi connectivity index (χ3n) is 3.41. The molecule has 108 valence electrons. The molecule has 2 rings (SSSR count). The largest absolute Gasteiger partial charge is 0.356 e. The summed E-state index contributed by atoms with van der Waals surface area (Å²) in [6, 6.07) is 8.63. The molecule has 0 saturated heterocycles. The Morgan fingerprint density at radius 3 is 2.80 bits per heavy atom. The summed E-state index contributed by atoms with van der Waals surface area (Å²) in [5.41, 5.74) is 2.24. The highest BCUT2D eigenvalue weighted by atomic mass is 16.1. The van der Waals surface area contributed by atoms with Crippen molar-refractivity contribution in [2.45, 2.75) is 46.1 Å². The molecule has 1 aromatic heterocycles. The van der Waals surface area contributed by atoms with E-state index in [1.54, 1.807) is 0 Å². The maximum Gasteiger partial charge on any atom is 0.219 e. The Balaban J connectivity index is 2.09. The van der Waals surface area contributed by atoms with E-state index in [4.69, 9.17) is 4.98 Å². The van der Waals surface area contributed by atoms with Crippen molar-refractivity contribution in [2.75, 3.05) is 6.54 Å². The van der Waals surface area contributed by atoms with Gasteiger partial charge in [-0.05, 0) is 32.4 Å². The molecule has 1 heterocycles. The zero-order valence-electron chi connectivity index (χ0n) is 12.5. The van der Waals surface area contributed by atoms with Gasteiger partial charge in [-0.15, -0.1) is 0 Å². The van der Waals surface area contributed by atoms with Gasteiger partial charge in [0.15, 0.2) is 0 Å². The molecule has 20 heavy (non-hydrogen) atoms. The Bertz CT molecular complexity index is 586. The van der Waals surface area contributed by atoms with Crippen LogP contribution in [0, 0.1) is 0 Å². The predicted octanol–water partition coefficient (Wildman–Crippen LogP) is 3.08. The number of hydrogen-bond donors (Lipinski definition) is 1. The molecule has 1 amide bonds. The Labute approximate surface area is 120 Å². The molecular weight excluding hydrogens is 250 g/mol. The van der Waals surface area contributed by atoms with Crippen LogP contribution in [0.15, 0.2) is 24.3 Å². The minimum atomic E-state index is 0.113. The Hall–Kier alpha value is -1.84. The van der Waals surface area contributed by atoms with E-state index in [1.807, 2.05) is 19.1 Å². The molecule has 0 aliphatic rings. The minimum absolute atomic E-state index is 0.113. The summed E-state index contributed by atoms with van der Waals surface area (Å²) in [4.78, 5) is 15.9. The lowest BCUT2D eigenvalue weighted by Gasteiger charge is -2.13. The molecule has 0 aliphatic heterocycles. The lowest BCUT2D eigenvalue weighted by atomic mass is 10.2. The van der Waals surface area contributed by atoms with Gasteiger partial charge in [0, 0.05) is 25.4 Å². The van der Waals surface area contributed by atoms with Crippen LogP contribution in [-0.4, -0.2) is 22.0 Å². The van der Waals surface area contributed by atoms with E-state index in [2.05, 4.69) is 35.9 Å². The molecule has 2 aromatic rings. The van der Waals surface area contributed by atoms with E-state index in [0.717, 1.165) is 24.2 Å². The topological polar surface area (TPSA) is 46.9 Å². The minimum Gasteiger partial charge on any atom is -0.356 e. The van der Waals surface area contributed by atoms with Crippen molar-refractivity contribution < 1.29 is 4.79 Å². The Kier molecular flexibility index (Phi) is 4.77. The number of fused-ring (bicyclic) bond motifs is 1. The van der Waals surface area contributed by atoms with Crippen molar-refractivity contribution in [3.63, 3.8) is 0 Å². The standard InChI is InChI=1S/C16H23N3O/c1-4-16(20)17-11-7-10-15-18-13-8-5-6-9-14(13)19(15)12(2)3/h5-6,8-9,12H,4,7,10-11H2,1-3H3,(H,17,20). The van der Waals surface area contributed by atoms with Crippen molar-refractivity contribution >= 4 is 16.9 Å². The summed E-state index contributed by atoms with van der Waals surface area (Å²) in [6.45, 7) is 6.94. The van der Waals surface area contributed by atoms with Gasteiger partial charge in [0.25, 0.3) is 0 Å². The van der Waals surface area contributed by atoms with Gasteiger partial charge >= 0.3 is 0 Å². The second-order valence-electron chi connectivity index (χ2n) is 5.29. The number of para-hydroxylation sites is 2. The average molecular weight is 273 g/mol. The third kappa shape index (κ3) is 3.18. The normalized spacial score (nSPS) is 11.2. The number of imidazole rings is 1. The molecule has 4 heteroatoms. The quantitative estimate of drug-likeness (QED) is 0.822. The Morgan fingerprint density at radius 2 is 2.10 bits per heavy atom. The van der Waals surface area contributed by atoms with Gasteiger partial charge in [0.2, 0.25) is 5.91 Å². The van der Waals surface area contributed by atoms with Gasteiger partial charge in [-0.1, -0.05) is 19.1 Å². The van der Waals surface area contributed by atoms with Gasteiger partial charge in [-0.2, -0.15) is 0 Å². The molecule has 0 bridgehead atoms. The van der Waals surface area contributed by atoms with E-state index >= 15 is 0 Å². The van der Waals surface area contributed by atoms with E-state index in [1.165, 1.54) is 5.52 Å². The number of hydrogen-bond acceptors (Lipinski definition) is 2. The fourth-order valence-corrected chi connectivity index (χ4v) is 2.45. The smallest absolute Gasteiger partial charge is 0.219 e. The summed E-state index contributed by atoms with van der Waals surface area (Å²) in [5, 5.41) is 2.91. The van der Waals surface area contributed by atoms with Crippen LogP contribution in [-0.2, 0) is 11.2 Å². The van der Waals surface area contributed by atoms with E-state index in [0.29, 0.717) is 19.0 Å². The zero-order chi connectivity index (χ0) is 14.5. The third-order valence-corrected chi connectivity index (χ3v) is 3.41. The van der Waals surface area contributed by atoms with Crippen molar-refractivity contribution in [3.05, 3.63) is 30.1 Å². The summed E-state index contributed by atoms with van der Waals surface area (Å²) in [5.74, 6) is 1.22. The van der Waals surface area contributed by atoms with Crippen molar-refractivity contribution in [1.29, 1.82) is 0 Å². The number of benzene rings is 1.